The highest BCUT2D eigenvalue weighted by molar-refractivity contribution is 9.10. The maximum Gasteiger partial charge on any atom is 0.147 e. The van der Waals surface area contributed by atoms with Crippen LogP contribution in [-0.2, 0) is 0 Å². The van der Waals surface area contributed by atoms with Crippen LogP contribution < -0.4 is 5.32 Å². The summed E-state index contributed by atoms with van der Waals surface area (Å²) in [6.45, 7) is 5.53. The molecule has 0 saturated carbocycles. The summed E-state index contributed by atoms with van der Waals surface area (Å²) >= 11 is 9.39. The minimum Gasteiger partial charge on any atom is -0.390 e. The number of hydrogen-bond donors (Lipinski definition) is 2. The molecule has 0 aromatic heterocycles. The van der Waals surface area contributed by atoms with Gasteiger partial charge in [0.2, 0.25) is 0 Å². The zero-order valence-corrected chi connectivity index (χ0v) is 12.2. The molecule has 2 N–H and O–H groups in total. The van der Waals surface area contributed by atoms with Gasteiger partial charge in [-0.05, 0) is 35.8 Å². The lowest BCUT2D eigenvalue weighted by Crippen LogP contribution is -2.50. The van der Waals surface area contributed by atoms with E-state index in [1.807, 2.05) is 20.8 Å². The standard InChI is InChI=1S/C12H14BrClFNO/c1-5-8-9(14)6(13)4-7(15)10(8)16-12(2,3)11(5)17/h4-5,11,16-17H,1-3H3/t5-,11+/m1/s1. The molecule has 1 aromatic carbocycles. The third kappa shape index (κ3) is 1.96. The molecule has 0 radical (unpaired) electrons. The van der Waals surface area contributed by atoms with Gasteiger partial charge in [0.15, 0.2) is 0 Å². The summed E-state index contributed by atoms with van der Waals surface area (Å²) in [6.07, 6.45) is -0.624. The predicted octanol–water partition coefficient (Wildman–Crippen LogP) is 3.91. The van der Waals surface area contributed by atoms with Crippen molar-refractivity contribution >= 4 is 33.2 Å². The Morgan fingerprint density at radius 1 is 1.53 bits per heavy atom. The second-order valence-electron chi connectivity index (χ2n) is 5.02. The number of halogens is 3. The van der Waals surface area contributed by atoms with E-state index < -0.39 is 11.6 Å². The summed E-state index contributed by atoms with van der Waals surface area (Å²) in [7, 11) is 0. The van der Waals surface area contributed by atoms with Crippen molar-refractivity contribution in [2.45, 2.75) is 38.3 Å². The predicted molar refractivity (Wildman–Crippen MR) is 71.2 cm³/mol. The zero-order chi connectivity index (χ0) is 13.0. The summed E-state index contributed by atoms with van der Waals surface area (Å²) < 4.78 is 14.4. The number of benzene rings is 1. The average molecular weight is 323 g/mol. The van der Waals surface area contributed by atoms with Gasteiger partial charge < -0.3 is 10.4 Å². The largest absolute Gasteiger partial charge is 0.390 e. The number of nitrogens with one attached hydrogen (secondary N) is 1. The van der Waals surface area contributed by atoms with Crippen LogP contribution in [0, 0.1) is 5.82 Å². The van der Waals surface area contributed by atoms with E-state index in [0.717, 1.165) is 0 Å². The smallest absolute Gasteiger partial charge is 0.147 e. The van der Waals surface area contributed by atoms with Crippen molar-refractivity contribution in [2.24, 2.45) is 0 Å². The van der Waals surface area contributed by atoms with Crippen molar-refractivity contribution in [2.75, 3.05) is 5.32 Å². The van der Waals surface area contributed by atoms with E-state index >= 15 is 0 Å². The Hall–Kier alpha value is -0.320. The Balaban J connectivity index is 2.69. The minimum absolute atomic E-state index is 0.222. The van der Waals surface area contributed by atoms with Crippen molar-refractivity contribution in [3.8, 4) is 0 Å². The Kier molecular flexibility index (Phi) is 3.17. The van der Waals surface area contributed by atoms with Gasteiger partial charge in [0, 0.05) is 16.0 Å². The first-order chi connectivity index (χ1) is 7.75. The lowest BCUT2D eigenvalue weighted by Gasteiger charge is -2.42. The SMILES string of the molecule is C[C@@H]1c2c(Cl)c(Br)cc(F)c2NC(C)(C)[C@H]1O. The van der Waals surface area contributed by atoms with Gasteiger partial charge in [0.1, 0.15) is 5.82 Å². The highest BCUT2D eigenvalue weighted by atomic mass is 79.9. The molecule has 0 amide bonds. The monoisotopic (exact) mass is 321 g/mol. The van der Waals surface area contributed by atoms with Gasteiger partial charge in [0.05, 0.1) is 22.4 Å². The van der Waals surface area contributed by atoms with Gasteiger partial charge in [-0.3, -0.25) is 0 Å². The molecular weight excluding hydrogens is 308 g/mol. The molecule has 5 heteroatoms. The summed E-state index contributed by atoms with van der Waals surface area (Å²) in [5, 5.41) is 13.7. The molecule has 0 fully saturated rings. The highest BCUT2D eigenvalue weighted by Crippen LogP contribution is 2.46. The fourth-order valence-electron chi connectivity index (χ4n) is 2.35. The van der Waals surface area contributed by atoms with Gasteiger partial charge in [-0.2, -0.15) is 0 Å². The van der Waals surface area contributed by atoms with Crippen LogP contribution in [0.3, 0.4) is 0 Å². The third-order valence-electron chi connectivity index (χ3n) is 3.32. The summed E-state index contributed by atoms with van der Waals surface area (Å²) in [5.41, 5.74) is 0.441. The molecule has 1 aliphatic rings. The summed E-state index contributed by atoms with van der Waals surface area (Å²) in [4.78, 5) is 0. The Bertz CT molecular complexity index is 478. The maximum absolute atomic E-state index is 13.9. The van der Waals surface area contributed by atoms with Crippen molar-refractivity contribution in [1.29, 1.82) is 0 Å². The van der Waals surface area contributed by atoms with Crippen molar-refractivity contribution < 1.29 is 9.50 Å². The van der Waals surface area contributed by atoms with Crippen LogP contribution in [0.25, 0.3) is 0 Å². The number of anilines is 1. The molecule has 2 atom stereocenters. The van der Waals surface area contributed by atoms with Gasteiger partial charge in [-0.15, -0.1) is 0 Å². The molecule has 0 unspecified atom stereocenters. The number of aliphatic hydroxyl groups is 1. The van der Waals surface area contributed by atoms with Crippen LogP contribution in [0.5, 0.6) is 0 Å². The van der Waals surface area contributed by atoms with Crippen LogP contribution in [0.2, 0.25) is 5.02 Å². The normalized spacial score (nSPS) is 26.3. The third-order valence-corrected chi connectivity index (χ3v) is 4.58. The second kappa shape index (κ2) is 4.11. The first kappa shape index (κ1) is 13.1. The van der Waals surface area contributed by atoms with Gasteiger partial charge in [-0.1, -0.05) is 18.5 Å². The lowest BCUT2D eigenvalue weighted by atomic mass is 9.79. The van der Waals surface area contributed by atoms with E-state index in [2.05, 4.69) is 21.2 Å². The molecule has 2 rings (SSSR count). The van der Waals surface area contributed by atoms with E-state index in [1.54, 1.807) is 0 Å². The number of hydrogen-bond acceptors (Lipinski definition) is 2. The molecule has 17 heavy (non-hydrogen) atoms. The molecule has 0 bridgehead atoms. The fourth-order valence-corrected chi connectivity index (χ4v) is 3.08. The van der Waals surface area contributed by atoms with E-state index in [-0.39, 0.29) is 11.7 Å². The summed E-state index contributed by atoms with van der Waals surface area (Å²) in [5.74, 6) is -0.580. The van der Waals surface area contributed by atoms with Gasteiger partial charge in [-0.25, -0.2) is 4.39 Å². The molecular formula is C12H14BrClFNO. The van der Waals surface area contributed by atoms with Crippen LogP contribution in [0.4, 0.5) is 10.1 Å². The molecule has 94 valence electrons. The van der Waals surface area contributed by atoms with E-state index in [9.17, 15) is 9.50 Å². The number of aliphatic hydroxyl groups excluding tert-OH is 1. The van der Waals surface area contributed by atoms with Crippen LogP contribution in [-0.4, -0.2) is 16.7 Å². The topological polar surface area (TPSA) is 32.3 Å². The molecule has 2 nitrogen and oxygen atoms in total. The van der Waals surface area contributed by atoms with Crippen molar-refractivity contribution in [3.63, 3.8) is 0 Å². The number of fused-ring (bicyclic) bond motifs is 1. The Labute approximate surface area is 113 Å². The highest BCUT2D eigenvalue weighted by Gasteiger charge is 2.41. The van der Waals surface area contributed by atoms with Gasteiger partial charge >= 0.3 is 0 Å². The number of rotatable bonds is 0. The van der Waals surface area contributed by atoms with Crippen LogP contribution >= 0.6 is 27.5 Å². The van der Waals surface area contributed by atoms with Crippen LogP contribution in [0.15, 0.2) is 10.5 Å². The molecule has 0 aliphatic carbocycles. The quantitative estimate of drug-likeness (QED) is 0.710. The Morgan fingerprint density at radius 3 is 2.71 bits per heavy atom. The molecule has 0 spiro atoms. The van der Waals surface area contributed by atoms with E-state index in [0.29, 0.717) is 20.7 Å². The Morgan fingerprint density at radius 2 is 2.12 bits per heavy atom. The average Bonchev–Trinajstić information content (AvgIpc) is 2.22. The van der Waals surface area contributed by atoms with E-state index in [4.69, 9.17) is 11.6 Å². The maximum atomic E-state index is 13.9. The zero-order valence-electron chi connectivity index (χ0n) is 9.81. The lowest BCUT2D eigenvalue weighted by molar-refractivity contribution is 0.0865. The fraction of sp³-hybridized carbons (Fsp3) is 0.500. The van der Waals surface area contributed by atoms with Crippen molar-refractivity contribution in [1.82, 2.24) is 0 Å². The van der Waals surface area contributed by atoms with E-state index in [1.165, 1.54) is 6.07 Å². The molecule has 1 heterocycles. The van der Waals surface area contributed by atoms with Crippen molar-refractivity contribution in [3.05, 3.63) is 26.9 Å². The molecule has 1 aliphatic heterocycles. The minimum atomic E-state index is -0.624. The second-order valence-corrected chi connectivity index (χ2v) is 6.26. The van der Waals surface area contributed by atoms with Gasteiger partial charge in [0.25, 0.3) is 0 Å². The summed E-state index contributed by atoms with van der Waals surface area (Å²) in [6, 6.07) is 1.34. The molecule has 0 saturated heterocycles. The van der Waals surface area contributed by atoms with Crippen LogP contribution in [0.1, 0.15) is 32.3 Å². The first-order valence-corrected chi connectivity index (χ1v) is 6.56. The first-order valence-electron chi connectivity index (χ1n) is 5.39. The molecule has 1 aromatic rings.